The summed E-state index contributed by atoms with van der Waals surface area (Å²) in [6, 6.07) is 11.4. The molecule has 144 valence electrons. The topological polar surface area (TPSA) is 76.9 Å². The molecule has 0 unspecified atom stereocenters. The van der Waals surface area contributed by atoms with Gasteiger partial charge in [0.25, 0.3) is 0 Å². The fourth-order valence-corrected chi connectivity index (χ4v) is 3.05. The molecule has 0 bridgehead atoms. The SMILES string of the molecule is CC[C@@H](C(=O)Nc1cccc(Cl)c1C)n1ncc(-c2ccc(Cl)cc2)nc1=O. The Bertz CT molecular complexity index is 1060. The van der Waals surface area contributed by atoms with Crippen LogP contribution in [-0.4, -0.2) is 20.7 Å². The molecule has 1 heterocycles. The second-order valence-corrected chi connectivity index (χ2v) is 7.04. The third kappa shape index (κ3) is 4.24. The van der Waals surface area contributed by atoms with E-state index in [9.17, 15) is 9.59 Å². The van der Waals surface area contributed by atoms with Gasteiger partial charge < -0.3 is 5.32 Å². The van der Waals surface area contributed by atoms with Gasteiger partial charge in [0.15, 0.2) is 0 Å². The average Bonchev–Trinajstić information content (AvgIpc) is 2.68. The lowest BCUT2D eigenvalue weighted by Crippen LogP contribution is -2.36. The molecule has 1 atom stereocenters. The van der Waals surface area contributed by atoms with E-state index in [0.717, 1.165) is 10.2 Å². The standard InChI is InChI=1S/C20H18Cl2N4O2/c1-3-18(19(27)24-16-6-4-5-15(22)12(16)2)26-20(28)25-17(11-23-26)13-7-9-14(21)10-8-13/h4-11,18H,3H2,1-2H3,(H,24,27)/t18-/m0/s1. The van der Waals surface area contributed by atoms with E-state index < -0.39 is 11.7 Å². The van der Waals surface area contributed by atoms with Gasteiger partial charge in [0.2, 0.25) is 5.91 Å². The molecule has 0 fully saturated rings. The Kier molecular flexibility index (Phi) is 6.11. The van der Waals surface area contributed by atoms with E-state index in [1.165, 1.54) is 6.20 Å². The summed E-state index contributed by atoms with van der Waals surface area (Å²) in [6.07, 6.45) is 1.84. The summed E-state index contributed by atoms with van der Waals surface area (Å²) in [5.41, 5.74) is 1.88. The third-order valence-electron chi connectivity index (χ3n) is 4.37. The fourth-order valence-electron chi connectivity index (χ4n) is 2.75. The predicted octanol–water partition coefficient (Wildman–Crippen LogP) is 4.51. The van der Waals surface area contributed by atoms with Gasteiger partial charge in [0, 0.05) is 21.3 Å². The van der Waals surface area contributed by atoms with Crippen molar-refractivity contribution in [1.29, 1.82) is 0 Å². The van der Waals surface area contributed by atoms with E-state index in [1.807, 2.05) is 6.92 Å². The third-order valence-corrected chi connectivity index (χ3v) is 5.03. The zero-order valence-corrected chi connectivity index (χ0v) is 16.8. The number of aromatic nitrogens is 3. The van der Waals surface area contributed by atoms with Gasteiger partial charge in [-0.05, 0) is 43.2 Å². The molecule has 1 amide bonds. The second-order valence-electron chi connectivity index (χ2n) is 6.20. The van der Waals surface area contributed by atoms with Crippen molar-refractivity contribution < 1.29 is 4.79 Å². The van der Waals surface area contributed by atoms with Crippen LogP contribution in [0.1, 0.15) is 24.9 Å². The lowest BCUT2D eigenvalue weighted by molar-refractivity contribution is -0.119. The molecule has 0 aliphatic rings. The van der Waals surface area contributed by atoms with Gasteiger partial charge in [-0.2, -0.15) is 10.1 Å². The monoisotopic (exact) mass is 416 g/mol. The second kappa shape index (κ2) is 8.54. The zero-order valence-electron chi connectivity index (χ0n) is 15.3. The normalized spacial score (nSPS) is 11.9. The van der Waals surface area contributed by atoms with Crippen LogP contribution in [0.5, 0.6) is 0 Å². The van der Waals surface area contributed by atoms with Crippen molar-refractivity contribution in [2.45, 2.75) is 26.3 Å². The summed E-state index contributed by atoms with van der Waals surface area (Å²) in [5, 5.41) is 8.13. The van der Waals surface area contributed by atoms with Gasteiger partial charge in [-0.25, -0.2) is 9.48 Å². The van der Waals surface area contributed by atoms with Crippen molar-refractivity contribution in [3.63, 3.8) is 0 Å². The highest BCUT2D eigenvalue weighted by molar-refractivity contribution is 6.31. The number of nitrogens with zero attached hydrogens (tertiary/aromatic N) is 3. The summed E-state index contributed by atoms with van der Waals surface area (Å²) in [5.74, 6) is -0.358. The molecule has 1 aromatic heterocycles. The van der Waals surface area contributed by atoms with Crippen LogP contribution in [-0.2, 0) is 4.79 Å². The van der Waals surface area contributed by atoms with Crippen LogP contribution in [0.15, 0.2) is 53.5 Å². The number of amides is 1. The van der Waals surface area contributed by atoms with E-state index in [1.54, 1.807) is 49.4 Å². The lowest BCUT2D eigenvalue weighted by atomic mass is 10.1. The van der Waals surface area contributed by atoms with Crippen molar-refractivity contribution in [2.75, 3.05) is 5.32 Å². The molecule has 1 N–H and O–H groups in total. The van der Waals surface area contributed by atoms with E-state index in [0.29, 0.717) is 33.4 Å². The van der Waals surface area contributed by atoms with E-state index in [2.05, 4.69) is 15.4 Å². The zero-order chi connectivity index (χ0) is 20.3. The smallest absolute Gasteiger partial charge is 0.324 e. The molecule has 3 rings (SSSR count). The largest absolute Gasteiger partial charge is 0.365 e. The Labute approximate surface area is 172 Å². The minimum atomic E-state index is -0.794. The molecule has 0 saturated heterocycles. The summed E-state index contributed by atoms with van der Waals surface area (Å²) in [6.45, 7) is 3.61. The molecule has 0 saturated carbocycles. The Morgan fingerprint density at radius 2 is 1.89 bits per heavy atom. The van der Waals surface area contributed by atoms with Crippen molar-refractivity contribution in [3.8, 4) is 11.3 Å². The van der Waals surface area contributed by atoms with Gasteiger partial charge in [-0.15, -0.1) is 0 Å². The van der Waals surface area contributed by atoms with Gasteiger partial charge in [-0.3, -0.25) is 4.79 Å². The Morgan fingerprint density at radius 1 is 1.18 bits per heavy atom. The number of hydrogen-bond donors (Lipinski definition) is 1. The number of carbonyl (C=O) groups excluding carboxylic acids is 1. The number of carbonyl (C=O) groups is 1. The van der Waals surface area contributed by atoms with Crippen LogP contribution in [0.2, 0.25) is 10.0 Å². The fraction of sp³-hybridized carbons (Fsp3) is 0.200. The minimum Gasteiger partial charge on any atom is -0.324 e. The van der Waals surface area contributed by atoms with E-state index >= 15 is 0 Å². The van der Waals surface area contributed by atoms with Crippen molar-refractivity contribution in [1.82, 2.24) is 14.8 Å². The van der Waals surface area contributed by atoms with E-state index in [-0.39, 0.29) is 5.91 Å². The summed E-state index contributed by atoms with van der Waals surface area (Å²) in [7, 11) is 0. The maximum atomic E-state index is 12.8. The molecular weight excluding hydrogens is 399 g/mol. The maximum Gasteiger partial charge on any atom is 0.365 e. The minimum absolute atomic E-state index is 0.358. The quantitative estimate of drug-likeness (QED) is 0.663. The predicted molar refractivity (Wildman–Crippen MR) is 111 cm³/mol. The molecule has 0 spiro atoms. The number of anilines is 1. The van der Waals surface area contributed by atoms with E-state index in [4.69, 9.17) is 23.2 Å². The van der Waals surface area contributed by atoms with Crippen LogP contribution in [0.3, 0.4) is 0 Å². The highest BCUT2D eigenvalue weighted by atomic mass is 35.5. The van der Waals surface area contributed by atoms with Crippen molar-refractivity contribution in [2.24, 2.45) is 0 Å². The molecule has 8 heteroatoms. The molecule has 6 nitrogen and oxygen atoms in total. The molecule has 0 aliphatic carbocycles. The van der Waals surface area contributed by atoms with Crippen molar-refractivity contribution in [3.05, 3.63) is 74.8 Å². The first kappa shape index (κ1) is 20.0. The highest BCUT2D eigenvalue weighted by Crippen LogP contribution is 2.24. The first-order valence-electron chi connectivity index (χ1n) is 8.68. The lowest BCUT2D eigenvalue weighted by Gasteiger charge is -2.17. The average molecular weight is 417 g/mol. The molecule has 2 aromatic carbocycles. The Morgan fingerprint density at radius 3 is 2.54 bits per heavy atom. The number of nitrogens with one attached hydrogen (secondary N) is 1. The van der Waals surface area contributed by atoms with Gasteiger partial charge in [0.05, 0.1) is 11.9 Å². The number of hydrogen-bond acceptors (Lipinski definition) is 4. The van der Waals surface area contributed by atoms with Crippen LogP contribution < -0.4 is 11.0 Å². The van der Waals surface area contributed by atoms with Crippen LogP contribution in [0.25, 0.3) is 11.3 Å². The van der Waals surface area contributed by atoms with Gasteiger partial charge >= 0.3 is 5.69 Å². The maximum absolute atomic E-state index is 12.8. The summed E-state index contributed by atoms with van der Waals surface area (Å²) >= 11 is 12.0. The molecule has 28 heavy (non-hydrogen) atoms. The van der Waals surface area contributed by atoms with Crippen molar-refractivity contribution >= 4 is 34.8 Å². The first-order chi connectivity index (χ1) is 13.4. The highest BCUT2D eigenvalue weighted by Gasteiger charge is 2.22. The Hall–Kier alpha value is -2.70. The molecule has 0 radical (unpaired) electrons. The van der Waals surface area contributed by atoms with Crippen LogP contribution in [0, 0.1) is 6.92 Å². The molecule has 3 aromatic rings. The Balaban J connectivity index is 1.87. The summed E-state index contributed by atoms with van der Waals surface area (Å²) in [4.78, 5) is 29.3. The van der Waals surface area contributed by atoms with Gasteiger partial charge in [-0.1, -0.05) is 48.3 Å². The number of halogens is 2. The number of benzene rings is 2. The van der Waals surface area contributed by atoms with Gasteiger partial charge in [0.1, 0.15) is 6.04 Å². The molecule has 0 aliphatic heterocycles. The van der Waals surface area contributed by atoms with Crippen LogP contribution in [0.4, 0.5) is 5.69 Å². The number of rotatable bonds is 5. The molecular formula is C20H18Cl2N4O2. The van der Waals surface area contributed by atoms with Crippen LogP contribution >= 0.6 is 23.2 Å². The summed E-state index contributed by atoms with van der Waals surface area (Å²) < 4.78 is 1.09. The first-order valence-corrected chi connectivity index (χ1v) is 9.44.